The van der Waals surface area contributed by atoms with Gasteiger partial charge in [-0.3, -0.25) is 4.79 Å². The Kier molecular flexibility index (Phi) is 4.92. The van der Waals surface area contributed by atoms with Crippen molar-refractivity contribution in [1.29, 1.82) is 0 Å². The summed E-state index contributed by atoms with van der Waals surface area (Å²) in [6, 6.07) is 0.240. The molecule has 0 aliphatic heterocycles. The number of hydrogen-bond donors (Lipinski definition) is 3. The molecule has 0 saturated carbocycles. The predicted molar refractivity (Wildman–Crippen MR) is 58.3 cm³/mol. The summed E-state index contributed by atoms with van der Waals surface area (Å²) in [7, 11) is 1.00. The number of nitrogens with one attached hydrogen (secondary N) is 1. The fourth-order valence-electron chi connectivity index (χ4n) is 1.26. The molecule has 1 amide bonds. The Balaban J connectivity index is 2.86. The first-order chi connectivity index (χ1) is 9.29. The Hall–Kier alpha value is -2.29. The maximum atomic E-state index is 13.4. The maximum Gasteiger partial charge on any atom is 0.336 e. The molecule has 0 saturated heterocycles. The number of phenols is 1. The molecule has 0 aliphatic carbocycles. The van der Waals surface area contributed by atoms with Gasteiger partial charge in [0.2, 0.25) is 5.82 Å². The second-order valence-corrected chi connectivity index (χ2v) is 3.63. The van der Waals surface area contributed by atoms with Crippen LogP contribution in [0.5, 0.6) is 5.75 Å². The summed E-state index contributed by atoms with van der Waals surface area (Å²) in [6.07, 6.45) is -1.70. The van der Waals surface area contributed by atoms with Crippen LogP contribution in [0.3, 0.4) is 0 Å². The lowest BCUT2D eigenvalue weighted by atomic mass is 10.1. The minimum atomic E-state index is -1.83. The summed E-state index contributed by atoms with van der Waals surface area (Å²) < 4.78 is 43.3. The number of methoxy groups -OCH3 is 1. The summed E-state index contributed by atoms with van der Waals surface area (Å²) in [5.41, 5.74) is -0.974. The van der Waals surface area contributed by atoms with E-state index in [0.717, 1.165) is 7.11 Å². The largest absolute Gasteiger partial charge is 0.503 e. The first-order valence-electron chi connectivity index (χ1n) is 5.20. The van der Waals surface area contributed by atoms with Crippen LogP contribution in [-0.2, 0) is 9.53 Å². The lowest BCUT2D eigenvalue weighted by molar-refractivity contribution is -0.149. The molecule has 6 nitrogen and oxygen atoms in total. The van der Waals surface area contributed by atoms with Crippen molar-refractivity contribution in [3.63, 3.8) is 0 Å². The quantitative estimate of drug-likeness (QED) is 0.539. The third kappa shape index (κ3) is 3.18. The lowest BCUT2D eigenvalue weighted by Crippen LogP contribution is -2.37. The van der Waals surface area contributed by atoms with Crippen molar-refractivity contribution in [3.05, 3.63) is 29.1 Å². The monoisotopic (exact) mass is 293 g/mol. The van der Waals surface area contributed by atoms with Crippen LogP contribution in [0.1, 0.15) is 10.4 Å². The van der Waals surface area contributed by atoms with Gasteiger partial charge in [-0.25, -0.2) is 13.6 Å². The van der Waals surface area contributed by atoms with Gasteiger partial charge in [-0.15, -0.1) is 0 Å². The van der Waals surface area contributed by atoms with Gasteiger partial charge >= 0.3 is 5.97 Å². The Morgan fingerprint density at radius 3 is 2.50 bits per heavy atom. The smallest absolute Gasteiger partial charge is 0.336 e. The number of aromatic hydroxyl groups is 1. The van der Waals surface area contributed by atoms with E-state index in [1.54, 1.807) is 0 Å². The summed E-state index contributed by atoms with van der Waals surface area (Å²) >= 11 is 0. The van der Waals surface area contributed by atoms with E-state index in [9.17, 15) is 22.8 Å². The molecule has 3 N–H and O–H groups in total. The van der Waals surface area contributed by atoms with Crippen molar-refractivity contribution in [2.45, 2.75) is 6.10 Å². The van der Waals surface area contributed by atoms with E-state index in [1.165, 1.54) is 0 Å². The summed E-state index contributed by atoms with van der Waals surface area (Å²) in [5.74, 6) is -9.03. The summed E-state index contributed by atoms with van der Waals surface area (Å²) in [4.78, 5) is 22.3. The minimum absolute atomic E-state index is 0.240. The number of carbonyl (C=O) groups excluding carboxylic acids is 2. The predicted octanol–water partition coefficient (Wildman–Crippen LogP) is 0.0732. The highest BCUT2D eigenvalue weighted by atomic mass is 19.2. The number of amides is 1. The highest BCUT2D eigenvalue weighted by Crippen LogP contribution is 2.25. The normalized spacial score (nSPS) is 11.8. The van der Waals surface area contributed by atoms with Gasteiger partial charge in [0.1, 0.15) is 0 Å². The number of halogens is 3. The van der Waals surface area contributed by atoms with E-state index in [0.29, 0.717) is 0 Å². The van der Waals surface area contributed by atoms with E-state index < -0.39 is 53.3 Å². The molecule has 1 rings (SSSR count). The van der Waals surface area contributed by atoms with Crippen LogP contribution in [0.4, 0.5) is 13.2 Å². The fourth-order valence-corrected chi connectivity index (χ4v) is 1.26. The molecule has 110 valence electrons. The molecule has 1 unspecified atom stereocenters. The molecule has 0 aliphatic rings. The van der Waals surface area contributed by atoms with E-state index in [1.807, 2.05) is 5.32 Å². The average Bonchev–Trinajstić information content (AvgIpc) is 2.44. The van der Waals surface area contributed by atoms with Crippen molar-refractivity contribution in [2.24, 2.45) is 0 Å². The SMILES string of the molecule is COC(=O)C(O)CNC(=O)c1cc(F)c(F)c(O)c1F. The third-order valence-electron chi connectivity index (χ3n) is 2.31. The van der Waals surface area contributed by atoms with E-state index >= 15 is 0 Å². The Labute approximate surface area is 110 Å². The molecule has 0 spiro atoms. The van der Waals surface area contributed by atoms with Crippen LogP contribution >= 0.6 is 0 Å². The highest BCUT2D eigenvalue weighted by molar-refractivity contribution is 5.95. The number of benzene rings is 1. The standard InChI is InChI=1S/C11H10F3NO5/c1-20-11(19)6(16)3-15-10(18)4-2-5(12)8(14)9(17)7(4)13/h2,6,16-17H,3H2,1H3,(H,15,18). The lowest BCUT2D eigenvalue weighted by Gasteiger charge is -2.11. The molecule has 9 heteroatoms. The number of aliphatic hydroxyl groups excluding tert-OH is 1. The average molecular weight is 293 g/mol. The zero-order valence-corrected chi connectivity index (χ0v) is 10.1. The molecule has 0 aromatic heterocycles. The fraction of sp³-hybridized carbons (Fsp3) is 0.273. The molecule has 20 heavy (non-hydrogen) atoms. The zero-order chi connectivity index (χ0) is 15.4. The van der Waals surface area contributed by atoms with Crippen LogP contribution in [0.2, 0.25) is 0 Å². The number of rotatable bonds is 4. The number of aliphatic hydroxyl groups is 1. The molecule has 1 atom stereocenters. The highest BCUT2D eigenvalue weighted by Gasteiger charge is 2.23. The zero-order valence-electron chi connectivity index (χ0n) is 10.1. The van der Waals surface area contributed by atoms with E-state index in [2.05, 4.69) is 4.74 Å². The number of carbonyl (C=O) groups is 2. The van der Waals surface area contributed by atoms with Gasteiger partial charge in [0.15, 0.2) is 23.5 Å². The van der Waals surface area contributed by atoms with Crippen LogP contribution in [0, 0.1) is 17.5 Å². The molecule has 0 fully saturated rings. The first-order valence-corrected chi connectivity index (χ1v) is 5.20. The van der Waals surface area contributed by atoms with Gasteiger partial charge < -0.3 is 20.3 Å². The van der Waals surface area contributed by atoms with Gasteiger partial charge in [0.05, 0.1) is 19.2 Å². The van der Waals surface area contributed by atoms with E-state index in [-0.39, 0.29) is 6.07 Å². The Morgan fingerprint density at radius 2 is 1.95 bits per heavy atom. The third-order valence-corrected chi connectivity index (χ3v) is 2.31. The van der Waals surface area contributed by atoms with Gasteiger partial charge in [0.25, 0.3) is 5.91 Å². The topological polar surface area (TPSA) is 95.9 Å². The first kappa shape index (κ1) is 15.8. The minimum Gasteiger partial charge on any atom is -0.503 e. The van der Waals surface area contributed by atoms with Gasteiger partial charge in [-0.05, 0) is 6.07 Å². The molecule has 0 radical (unpaired) electrons. The van der Waals surface area contributed by atoms with Crippen LogP contribution < -0.4 is 5.32 Å². The maximum absolute atomic E-state index is 13.4. The van der Waals surface area contributed by atoms with Crippen molar-refractivity contribution in [3.8, 4) is 5.75 Å². The van der Waals surface area contributed by atoms with Crippen LogP contribution in [0.25, 0.3) is 0 Å². The number of phenolic OH excluding ortho intramolecular Hbond substituents is 1. The Morgan fingerprint density at radius 1 is 1.35 bits per heavy atom. The van der Waals surface area contributed by atoms with Gasteiger partial charge in [0, 0.05) is 0 Å². The number of hydrogen-bond acceptors (Lipinski definition) is 5. The molecular weight excluding hydrogens is 283 g/mol. The summed E-state index contributed by atoms with van der Waals surface area (Å²) in [6.45, 7) is -0.634. The summed E-state index contributed by atoms with van der Waals surface area (Å²) in [5, 5.41) is 20.0. The molecule has 0 heterocycles. The van der Waals surface area contributed by atoms with E-state index in [4.69, 9.17) is 10.2 Å². The van der Waals surface area contributed by atoms with Crippen molar-refractivity contribution < 1.29 is 37.7 Å². The van der Waals surface area contributed by atoms with Crippen LogP contribution in [-0.4, -0.2) is 41.8 Å². The Bertz CT molecular complexity index is 549. The van der Waals surface area contributed by atoms with Gasteiger partial charge in [-0.2, -0.15) is 4.39 Å². The van der Waals surface area contributed by atoms with Crippen molar-refractivity contribution in [2.75, 3.05) is 13.7 Å². The van der Waals surface area contributed by atoms with Crippen LogP contribution in [0.15, 0.2) is 6.07 Å². The van der Waals surface area contributed by atoms with Crippen molar-refractivity contribution >= 4 is 11.9 Å². The second-order valence-electron chi connectivity index (χ2n) is 3.63. The molecule has 1 aromatic carbocycles. The second kappa shape index (κ2) is 6.24. The molecular formula is C11H10F3NO5. The number of ether oxygens (including phenoxy) is 1. The van der Waals surface area contributed by atoms with Crippen molar-refractivity contribution in [1.82, 2.24) is 5.32 Å². The van der Waals surface area contributed by atoms with Gasteiger partial charge in [-0.1, -0.05) is 0 Å². The number of esters is 1. The molecule has 1 aromatic rings. The molecule has 0 bridgehead atoms.